The maximum absolute atomic E-state index is 12.3. The highest BCUT2D eigenvalue weighted by Gasteiger charge is 2.21. The molecule has 0 saturated heterocycles. The van der Waals surface area contributed by atoms with Gasteiger partial charge in [0.2, 0.25) is 15.4 Å². The van der Waals surface area contributed by atoms with Crippen molar-refractivity contribution >= 4 is 32.4 Å². The lowest BCUT2D eigenvalue weighted by Gasteiger charge is -2.09. The molecule has 1 aromatic carbocycles. The molecule has 0 spiro atoms. The molecule has 9 nitrogen and oxygen atoms in total. The van der Waals surface area contributed by atoms with Gasteiger partial charge in [-0.1, -0.05) is 31.3 Å². The van der Waals surface area contributed by atoms with Crippen LogP contribution in [-0.4, -0.2) is 45.3 Å². The van der Waals surface area contributed by atoms with Crippen molar-refractivity contribution in [1.82, 2.24) is 14.9 Å². The summed E-state index contributed by atoms with van der Waals surface area (Å²) in [7, 11) is -0.640. The Labute approximate surface area is 168 Å². The molecule has 0 fully saturated rings. The van der Waals surface area contributed by atoms with Gasteiger partial charge in [-0.2, -0.15) is 0 Å². The minimum Gasteiger partial charge on any atom is -0.493 e. The van der Waals surface area contributed by atoms with E-state index in [1.165, 1.54) is 0 Å². The second kappa shape index (κ2) is 9.80. The molecule has 0 saturated carbocycles. The average Bonchev–Trinajstić information content (AvgIpc) is 3.14. The van der Waals surface area contributed by atoms with Gasteiger partial charge >= 0.3 is 0 Å². The number of benzene rings is 1. The Morgan fingerprint density at radius 1 is 1.18 bits per heavy atom. The van der Waals surface area contributed by atoms with Gasteiger partial charge in [0.25, 0.3) is 10.0 Å². The number of carbonyl (C=O) groups is 1. The van der Waals surface area contributed by atoms with Crippen LogP contribution in [0.25, 0.3) is 0 Å². The van der Waals surface area contributed by atoms with Crippen LogP contribution >= 0.6 is 11.3 Å². The predicted octanol–water partition coefficient (Wildman–Crippen LogP) is 2.06. The summed E-state index contributed by atoms with van der Waals surface area (Å²) in [4.78, 5) is 11.6. The number of aryl methyl sites for hydroxylation is 1. The molecule has 154 valence electrons. The number of aromatic nitrogens is 2. The monoisotopic (exact) mass is 428 g/mol. The van der Waals surface area contributed by atoms with Crippen LogP contribution in [0.4, 0.5) is 5.13 Å². The van der Waals surface area contributed by atoms with E-state index in [2.05, 4.69) is 20.2 Å². The maximum atomic E-state index is 12.3. The average molecular weight is 429 g/mol. The van der Waals surface area contributed by atoms with E-state index in [0.717, 1.165) is 16.9 Å². The number of nitrogens with zero attached hydrogens (tertiary/aromatic N) is 2. The van der Waals surface area contributed by atoms with Gasteiger partial charge in [-0.05, 0) is 30.5 Å². The molecule has 0 atom stereocenters. The first-order valence-electron chi connectivity index (χ1n) is 8.61. The van der Waals surface area contributed by atoms with Gasteiger partial charge in [0.15, 0.2) is 11.5 Å². The van der Waals surface area contributed by atoms with Crippen molar-refractivity contribution in [1.29, 1.82) is 0 Å². The van der Waals surface area contributed by atoms with Gasteiger partial charge in [-0.15, -0.1) is 10.2 Å². The van der Waals surface area contributed by atoms with Crippen LogP contribution in [0.3, 0.4) is 0 Å². The number of sulfonamides is 1. The number of ether oxygens (including phenoxy) is 2. The summed E-state index contributed by atoms with van der Waals surface area (Å²) in [5, 5.41) is 10.1. The van der Waals surface area contributed by atoms with Gasteiger partial charge in [-0.25, -0.2) is 13.1 Å². The minimum absolute atomic E-state index is 0.157. The first-order chi connectivity index (χ1) is 13.3. The van der Waals surface area contributed by atoms with E-state index in [1.807, 2.05) is 18.2 Å². The summed E-state index contributed by atoms with van der Waals surface area (Å²) < 4.78 is 37.4. The molecule has 1 aromatic heterocycles. The molecule has 0 radical (unpaired) electrons. The standard InChI is InChI=1S/C17H24N4O5S2/c1-11(2)15(22)19-16-20-21-17(27-16)28(23,24)18-9-5-6-12-7-8-13(25-3)14(10-12)26-4/h7-8,10-11,18H,5-6,9H2,1-4H3,(H,19,20,22). The fourth-order valence-corrected chi connectivity index (χ4v) is 4.23. The lowest BCUT2D eigenvalue weighted by atomic mass is 10.1. The number of methoxy groups -OCH3 is 2. The molecule has 0 unspecified atom stereocenters. The van der Waals surface area contributed by atoms with Crippen LogP contribution in [0, 0.1) is 5.92 Å². The molecule has 0 bridgehead atoms. The quantitative estimate of drug-likeness (QED) is 0.439. The summed E-state index contributed by atoms with van der Waals surface area (Å²) in [6.45, 7) is 3.70. The number of hydrogen-bond donors (Lipinski definition) is 2. The molecule has 0 aliphatic rings. The number of carbonyl (C=O) groups excluding carboxylic acids is 1. The Morgan fingerprint density at radius 3 is 2.54 bits per heavy atom. The molecule has 2 aromatic rings. The fraction of sp³-hybridized carbons (Fsp3) is 0.471. The van der Waals surface area contributed by atoms with E-state index in [1.54, 1.807) is 28.1 Å². The highest BCUT2D eigenvalue weighted by Crippen LogP contribution is 2.28. The topological polar surface area (TPSA) is 120 Å². The van der Waals surface area contributed by atoms with Crippen LogP contribution in [0.5, 0.6) is 11.5 Å². The van der Waals surface area contributed by atoms with Crippen molar-refractivity contribution in [3.8, 4) is 11.5 Å². The zero-order valence-corrected chi connectivity index (χ0v) is 17.8. The predicted molar refractivity (Wildman–Crippen MR) is 106 cm³/mol. The van der Waals surface area contributed by atoms with Crippen molar-refractivity contribution in [3.63, 3.8) is 0 Å². The number of nitrogens with one attached hydrogen (secondary N) is 2. The second-order valence-corrected chi connectivity index (χ2v) is 9.13. The molecular formula is C17H24N4O5S2. The maximum Gasteiger partial charge on any atom is 0.269 e. The summed E-state index contributed by atoms with van der Waals surface area (Å²) in [5.41, 5.74) is 1.01. The molecule has 11 heteroatoms. The summed E-state index contributed by atoms with van der Waals surface area (Å²) in [5.74, 6) is 0.788. The molecule has 0 aliphatic carbocycles. The Hall–Kier alpha value is -2.24. The third-order valence-corrected chi connectivity index (χ3v) is 6.44. The number of rotatable bonds is 10. The number of anilines is 1. The van der Waals surface area contributed by atoms with Gasteiger partial charge < -0.3 is 14.8 Å². The molecule has 2 N–H and O–H groups in total. The fourth-order valence-electron chi connectivity index (χ4n) is 2.22. The Bertz CT molecular complexity index is 912. The smallest absolute Gasteiger partial charge is 0.269 e. The van der Waals surface area contributed by atoms with E-state index in [4.69, 9.17) is 9.47 Å². The number of amides is 1. The van der Waals surface area contributed by atoms with Gasteiger partial charge in [0.05, 0.1) is 14.2 Å². The molecule has 28 heavy (non-hydrogen) atoms. The van der Waals surface area contributed by atoms with E-state index < -0.39 is 10.0 Å². The van der Waals surface area contributed by atoms with Crippen LogP contribution in [-0.2, 0) is 21.2 Å². The SMILES string of the molecule is COc1ccc(CCCNS(=O)(=O)c2nnc(NC(=O)C(C)C)s2)cc1OC. The Kier molecular flexibility index (Phi) is 7.72. The van der Waals surface area contributed by atoms with Crippen molar-refractivity contribution < 1.29 is 22.7 Å². The molecule has 0 aliphatic heterocycles. The normalized spacial score (nSPS) is 11.5. The summed E-state index contributed by atoms with van der Waals surface area (Å²) in [6.07, 6.45) is 1.25. The third-order valence-electron chi connectivity index (χ3n) is 3.77. The zero-order chi connectivity index (χ0) is 20.7. The van der Waals surface area contributed by atoms with Crippen LogP contribution < -0.4 is 19.5 Å². The van der Waals surface area contributed by atoms with E-state index in [9.17, 15) is 13.2 Å². The Morgan fingerprint density at radius 2 is 1.89 bits per heavy atom. The van der Waals surface area contributed by atoms with Gasteiger partial charge in [-0.3, -0.25) is 4.79 Å². The second-order valence-electron chi connectivity index (χ2n) is 6.21. The molecule has 1 heterocycles. The van der Waals surface area contributed by atoms with Gasteiger partial charge in [0.1, 0.15) is 0 Å². The molecular weight excluding hydrogens is 404 g/mol. The largest absolute Gasteiger partial charge is 0.493 e. The highest BCUT2D eigenvalue weighted by molar-refractivity contribution is 7.91. The Balaban J connectivity index is 1.88. The van der Waals surface area contributed by atoms with E-state index in [-0.39, 0.29) is 27.8 Å². The molecule has 1 amide bonds. The van der Waals surface area contributed by atoms with Crippen LogP contribution in [0.1, 0.15) is 25.8 Å². The van der Waals surface area contributed by atoms with Crippen molar-refractivity contribution in [2.75, 3.05) is 26.1 Å². The van der Waals surface area contributed by atoms with Crippen LogP contribution in [0.15, 0.2) is 22.5 Å². The van der Waals surface area contributed by atoms with Crippen molar-refractivity contribution in [3.05, 3.63) is 23.8 Å². The minimum atomic E-state index is -3.77. The van der Waals surface area contributed by atoms with E-state index >= 15 is 0 Å². The summed E-state index contributed by atoms with van der Waals surface area (Å²) >= 11 is 0.814. The highest BCUT2D eigenvalue weighted by atomic mass is 32.2. The molecule has 2 rings (SSSR count). The summed E-state index contributed by atoms with van der Waals surface area (Å²) in [6, 6.07) is 5.58. The van der Waals surface area contributed by atoms with Crippen molar-refractivity contribution in [2.24, 2.45) is 5.92 Å². The van der Waals surface area contributed by atoms with Crippen LogP contribution in [0.2, 0.25) is 0 Å². The number of hydrogen-bond acceptors (Lipinski definition) is 8. The third kappa shape index (κ3) is 5.88. The lowest BCUT2D eigenvalue weighted by molar-refractivity contribution is -0.118. The first-order valence-corrected chi connectivity index (χ1v) is 10.9. The first kappa shape index (κ1) is 22.1. The van der Waals surface area contributed by atoms with Crippen molar-refractivity contribution in [2.45, 2.75) is 31.0 Å². The lowest BCUT2D eigenvalue weighted by Crippen LogP contribution is -2.25. The van der Waals surface area contributed by atoms with Gasteiger partial charge in [0, 0.05) is 12.5 Å². The zero-order valence-electron chi connectivity index (χ0n) is 16.2. The van der Waals surface area contributed by atoms with E-state index in [0.29, 0.717) is 24.3 Å².